The van der Waals surface area contributed by atoms with Crippen LogP contribution >= 0.6 is 0 Å². The number of nitrogens with zero attached hydrogens (tertiary/aromatic N) is 2. The Morgan fingerprint density at radius 1 is 1.52 bits per heavy atom. The van der Waals surface area contributed by atoms with Crippen molar-refractivity contribution in [2.75, 3.05) is 13.2 Å². The number of carbonyl (C=O) groups is 2. The van der Waals surface area contributed by atoms with Gasteiger partial charge in [0.2, 0.25) is 11.8 Å². The van der Waals surface area contributed by atoms with Crippen LogP contribution in [0, 0.1) is 5.92 Å². The molecular weight excluding hydrogens is 294 g/mol. The Morgan fingerprint density at radius 3 is 3.09 bits per heavy atom. The third-order valence-corrected chi connectivity index (χ3v) is 4.56. The van der Waals surface area contributed by atoms with Crippen LogP contribution in [-0.2, 0) is 20.9 Å². The summed E-state index contributed by atoms with van der Waals surface area (Å²) >= 11 is 0. The molecule has 2 fully saturated rings. The first-order valence-electron chi connectivity index (χ1n) is 8.23. The molecular formula is C17H23N3O3. The quantitative estimate of drug-likeness (QED) is 0.883. The van der Waals surface area contributed by atoms with Gasteiger partial charge in [-0.25, -0.2) is 0 Å². The summed E-state index contributed by atoms with van der Waals surface area (Å²) in [5.74, 6) is -0.319. The van der Waals surface area contributed by atoms with Crippen molar-refractivity contribution in [1.29, 1.82) is 0 Å². The first-order chi connectivity index (χ1) is 11.1. The number of pyridine rings is 1. The number of ether oxygens (including phenoxy) is 1. The largest absolute Gasteiger partial charge is 0.376 e. The molecule has 3 atom stereocenters. The maximum atomic E-state index is 12.4. The topological polar surface area (TPSA) is 71.5 Å². The molecule has 2 aliphatic heterocycles. The van der Waals surface area contributed by atoms with Crippen molar-refractivity contribution < 1.29 is 14.3 Å². The van der Waals surface area contributed by atoms with E-state index >= 15 is 0 Å². The van der Waals surface area contributed by atoms with E-state index < -0.39 is 0 Å². The molecule has 0 spiro atoms. The van der Waals surface area contributed by atoms with Gasteiger partial charge in [-0.05, 0) is 31.9 Å². The van der Waals surface area contributed by atoms with Gasteiger partial charge in [-0.3, -0.25) is 14.6 Å². The van der Waals surface area contributed by atoms with E-state index in [4.69, 9.17) is 4.74 Å². The Labute approximate surface area is 136 Å². The van der Waals surface area contributed by atoms with E-state index in [1.54, 1.807) is 11.1 Å². The summed E-state index contributed by atoms with van der Waals surface area (Å²) in [5, 5.41) is 3.01. The predicted molar refractivity (Wildman–Crippen MR) is 84.3 cm³/mol. The summed E-state index contributed by atoms with van der Waals surface area (Å²) in [5.41, 5.74) is 0.842. The first kappa shape index (κ1) is 15.9. The van der Waals surface area contributed by atoms with E-state index in [1.807, 2.05) is 25.1 Å². The second kappa shape index (κ2) is 7.08. The molecule has 1 aromatic heterocycles. The van der Waals surface area contributed by atoms with Gasteiger partial charge < -0.3 is 15.0 Å². The lowest BCUT2D eigenvalue weighted by Gasteiger charge is -2.22. The van der Waals surface area contributed by atoms with Crippen molar-refractivity contribution in [1.82, 2.24) is 15.2 Å². The summed E-state index contributed by atoms with van der Waals surface area (Å²) in [4.78, 5) is 30.5. The van der Waals surface area contributed by atoms with Crippen LogP contribution in [0.5, 0.6) is 0 Å². The molecule has 2 amide bonds. The zero-order valence-electron chi connectivity index (χ0n) is 13.4. The molecule has 0 bridgehead atoms. The van der Waals surface area contributed by atoms with Gasteiger partial charge in [0.15, 0.2) is 0 Å². The van der Waals surface area contributed by atoms with Gasteiger partial charge in [-0.15, -0.1) is 0 Å². The zero-order valence-corrected chi connectivity index (χ0v) is 13.4. The number of carbonyl (C=O) groups excluding carboxylic acids is 2. The fraction of sp³-hybridized carbons (Fsp3) is 0.588. The lowest BCUT2D eigenvalue weighted by molar-refractivity contribution is -0.129. The molecule has 6 heteroatoms. The van der Waals surface area contributed by atoms with Crippen molar-refractivity contribution >= 4 is 11.8 Å². The van der Waals surface area contributed by atoms with Gasteiger partial charge in [0, 0.05) is 25.8 Å². The maximum Gasteiger partial charge on any atom is 0.225 e. The van der Waals surface area contributed by atoms with Crippen LogP contribution in [0.2, 0.25) is 0 Å². The maximum absolute atomic E-state index is 12.4. The Morgan fingerprint density at radius 2 is 2.39 bits per heavy atom. The summed E-state index contributed by atoms with van der Waals surface area (Å²) in [6.45, 7) is 3.66. The summed E-state index contributed by atoms with van der Waals surface area (Å²) < 4.78 is 5.60. The van der Waals surface area contributed by atoms with Gasteiger partial charge >= 0.3 is 0 Å². The molecule has 0 saturated carbocycles. The van der Waals surface area contributed by atoms with E-state index in [9.17, 15) is 9.59 Å². The molecule has 6 nitrogen and oxygen atoms in total. The fourth-order valence-electron chi connectivity index (χ4n) is 3.22. The Bertz CT molecular complexity index is 557. The van der Waals surface area contributed by atoms with Crippen molar-refractivity contribution in [3.05, 3.63) is 30.1 Å². The van der Waals surface area contributed by atoms with E-state index in [-0.39, 0.29) is 36.3 Å². The number of hydrogen-bond donors (Lipinski definition) is 1. The van der Waals surface area contributed by atoms with Crippen LogP contribution in [0.25, 0.3) is 0 Å². The van der Waals surface area contributed by atoms with Crippen molar-refractivity contribution in [3.8, 4) is 0 Å². The number of rotatable bonds is 5. The summed E-state index contributed by atoms with van der Waals surface area (Å²) in [6, 6.07) is 5.62. The molecule has 124 valence electrons. The molecule has 0 aliphatic carbocycles. The minimum atomic E-state index is -0.282. The van der Waals surface area contributed by atoms with E-state index in [0.29, 0.717) is 13.1 Å². The number of likely N-dealkylation sites (tertiary alicyclic amines) is 1. The average molecular weight is 317 g/mol. The predicted octanol–water partition coefficient (Wildman–Crippen LogP) is 1.11. The SMILES string of the molecule is C[C@H](NC(=O)[C@H]1CC(=O)N(Cc2ccccn2)C1)[C@@H]1CCCO1. The number of aromatic nitrogens is 1. The number of amides is 2. The van der Waals surface area contributed by atoms with Gasteiger partial charge in [-0.2, -0.15) is 0 Å². The third kappa shape index (κ3) is 3.88. The van der Waals surface area contributed by atoms with Gasteiger partial charge in [0.1, 0.15) is 0 Å². The minimum Gasteiger partial charge on any atom is -0.376 e. The molecule has 0 unspecified atom stereocenters. The second-order valence-electron chi connectivity index (χ2n) is 6.35. The first-order valence-corrected chi connectivity index (χ1v) is 8.23. The van der Waals surface area contributed by atoms with Crippen LogP contribution in [0.3, 0.4) is 0 Å². The van der Waals surface area contributed by atoms with Crippen molar-refractivity contribution in [2.45, 2.75) is 44.9 Å². The van der Waals surface area contributed by atoms with Crippen LogP contribution in [-0.4, -0.2) is 47.0 Å². The van der Waals surface area contributed by atoms with Crippen LogP contribution in [0.1, 0.15) is 31.9 Å². The zero-order chi connectivity index (χ0) is 16.2. The Balaban J connectivity index is 1.53. The Hall–Kier alpha value is -1.95. The monoisotopic (exact) mass is 317 g/mol. The molecule has 1 N–H and O–H groups in total. The highest BCUT2D eigenvalue weighted by Crippen LogP contribution is 2.21. The Kier molecular flexibility index (Phi) is 4.91. The molecule has 2 saturated heterocycles. The summed E-state index contributed by atoms with van der Waals surface area (Å²) in [7, 11) is 0. The minimum absolute atomic E-state index is 0.00931. The highest BCUT2D eigenvalue weighted by Gasteiger charge is 2.35. The number of nitrogens with one attached hydrogen (secondary N) is 1. The van der Waals surface area contributed by atoms with Crippen molar-refractivity contribution in [2.24, 2.45) is 5.92 Å². The third-order valence-electron chi connectivity index (χ3n) is 4.56. The van der Waals surface area contributed by atoms with E-state index in [1.165, 1.54) is 0 Å². The lowest BCUT2D eigenvalue weighted by Crippen LogP contribution is -2.44. The van der Waals surface area contributed by atoms with Gasteiger partial charge in [-0.1, -0.05) is 6.07 Å². The number of hydrogen-bond acceptors (Lipinski definition) is 4. The van der Waals surface area contributed by atoms with E-state index in [2.05, 4.69) is 10.3 Å². The van der Waals surface area contributed by atoms with Crippen molar-refractivity contribution in [3.63, 3.8) is 0 Å². The normalized spacial score (nSPS) is 25.6. The van der Waals surface area contributed by atoms with Gasteiger partial charge in [0.05, 0.1) is 30.3 Å². The smallest absolute Gasteiger partial charge is 0.225 e. The van der Waals surface area contributed by atoms with Crippen LogP contribution in [0.4, 0.5) is 0 Å². The summed E-state index contributed by atoms with van der Waals surface area (Å²) in [6.07, 6.45) is 4.11. The lowest BCUT2D eigenvalue weighted by atomic mass is 10.1. The molecule has 0 aromatic carbocycles. The average Bonchev–Trinajstić information content (AvgIpc) is 3.19. The molecule has 0 radical (unpaired) electrons. The highest BCUT2D eigenvalue weighted by molar-refractivity contribution is 5.89. The van der Waals surface area contributed by atoms with Crippen LogP contribution in [0.15, 0.2) is 24.4 Å². The van der Waals surface area contributed by atoms with E-state index in [0.717, 1.165) is 25.1 Å². The molecule has 2 aliphatic rings. The standard InChI is InChI=1S/C17H23N3O3/c1-12(15-6-4-8-23-15)19-17(22)13-9-16(21)20(10-13)11-14-5-2-3-7-18-14/h2-3,5,7,12-13,15H,4,6,8-11H2,1H3,(H,19,22)/t12-,13-,15-/m0/s1. The van der Waals surface area contributed by atoms with Gasteiger partial charge in [0.25, 0.3) is 0 Å². The second-order valence-corrected chi connectivity index (χ2v) is 6.35. The highest BCUT2D eigenvalue weighted by atomic mass is 16.5. The molecule has 3 rings (SSSR count). The van der Waals surface area contributed by atoms with Crippen LogP contribution < -0.4 is 5.32 Å². The molecule has 1 aromatic rings. The fourth-order valence-corrected chi connectivity index (χ4v) is 3.22. The molecule has 23 heavy (non-hydrogen) atoms. The molecule has 3 heterocycles.